The molecule has 0 saturated carbocycles. The molecule has 21 heteroatoms. The predicted molar refractivity (Wildman–Crippen MR) is 199 cm³/mol. The van der Waals surface area contributed by atoms with Gasteiger partial charge in [-0.2, -0.15) is 0 Å². The molecule has 4 N–H and O–H groups in total. The summed E-state index contributed by atoms with van der Waals surface area (Å²) < 4.78 is 25.8. The van der Waals surface area contributed by atoms with Crippen LogP contribution < -0.4 is 10.6 Å². The van der Waals surface area contributed by atoms with Gasteiger partial charge in [-0.15, -0.1) is 0 Å². The van der Waals surface area contributed by atoms with Crippen LogP contribution in [0.15, 0.2) is 10.2 Å². The molecule has 0 unspecified atom stereocenters. The van der Waals surface area contributed by atoms with Crippen molar-refractivity contribution in [1.82, 2.24) is 10.6 Å². The molecule has 0 aromatic rings. The number of nitrogens with zero attached hydrogens (tertiary/aromatic N) is 6. The van der Waals surface area contributed by atoms with Gasteiger partial charge in [0.1, 0.15) is 47.6 Å². The molecule has 0 aromatic heterocycles. The maximum absolute atomic E-state index is 12.3. The maximum atomic E-state index is 12.3. The quantitative estimate of drug-likeness (QED) is 0.0328. The largest absolute Gasteiger partial charge is 0.481 e. The highest BCUT2D eigenvalue weighted by Gasteiger charge is 2.29. The summed E-state index contributed by atoms with van der Waals surface area (Å²) in [4.78, 5) is 73.6. The van der Waals surface area contributed by atoms with Crippen molar-refractivity contribution in [3.05, 3.63) is 20.9 Å². The molecule has 21 nitrogen and oxygen atoms in total. The van der Waals surface area contributed by atoms with Gasteiger partial charge in [0.25, 0.3) is 0 Å². The van der Waals surface area contributed by atoms with Crippen molar-refractivity contribution in [3.63, 3.8) is 0 Å². The number of carbonyl (C=O) groups is 6. The molecular weight excluding hydrogens is 728 g/mol. The standard InChI is InChI=1S/C17H30N4O6.C15H29NO5.C2H3N3O2/c1-16(2,3)26-14(23)12(20-15(24)27-17(4,5)6)9-7-8-10-25-13(22)11-19-21-18;1-14(2,3)20-12(18)11(9-7-8-10-17)16-13(19)21-15(4,5)6;3-5-4-1-2(6)7/h12H,7-11H2,1-6H3,(H,20,24);11,17H,7-10H2,1-6H3,(H,16,19);1H2,(H,6,7)/t12-;11-;/m00./s1. The summed E-state index contributed by atoms with van der Waals surface area (Å²) in [5, 5.41) is 27.5. The number of amides is 2. The third-order valence-corrected chi connectivity index (χ3v) is 5.35. The van der Waals surface area contributed by atoms with Gasteiger partial charge >= 0.3 is 36.1 Å². The number of esters is 3. The Hall–Kier alpha value is -5.00. The summed E-state index contributed by atoms with van der Waals surface area (Å²) >= 11 is 0. The van der Waals surface area contributed by atoms with Crippen molar-refractivity contribution in [2.24, 2.45) is 10.2 Å². The van der Waals surface area contributed by atoms with Crippen LogP contribution in [0.4, 0.5) is 9.59 Å². The molecule has 0 bridgehead atoms. The average Bonchev–Trinajstić information content (AvgIpc) is 2.98. The van der Waals surface area contributed by atoms with Gasteiger partial charge in [0, 0.05) is 16.4 Å². The molecule has 0 rings (SSSR count). The van der Waals surface area contributed by atoms with Gasteiger partial charge in [-0.05, 0) is 133 Å². The lowest BCUT2D eigenvalue weighted by Crippen LogP contribution is -2.46. The van der Waals surface area contributed by atoms with Crippen LogP contribution in [0.1, 0.15) is 122 Å². The first kappa shape index (κ1) is 54.3. The molecule has 0 aromatic carbocycles. The molecule has 0 radical (unpaired) electrons. The van der Waals surface area contributed by atoms with E-state index in [0.717, 1.165) is 0 Å². The Labute approximate surface area is 322 Å². The summed E-state index contributed by atoms with van der Waals surface area (Å²) in [5.41, 5.74) is 13.0. The molecular formula is C34H62N8O13. The number of hydrogen-bond donors (Lipinski definition) is 4. The Balaban J connectivity index is -0.000000854. The number of nitrogens with one attached hydrogen (secondary N) is 2. The van der Waals surface area contributed by atoms with Crippen molar-refractivity contribution in [1.29, 1.82) is 0 Å². The highest BCUT2D eigenvalue weighted by molar-refractivity contribution is 5.82. The summed E-state index contributed by atoms with van der Waals surface area (Å²) in [5.74, 6) is -2.79. The Bertz CT molecular complexity index is 1300. The second-order valence-electron chi connectivity index (χ2n) is 15.6. The van der Waals surface area contributed by atoms with E-state index >= 15 is 0 Å². The Morgan fingerprint density at radius 2 is 0.964 bits per heavy atom. The van der Waals surface area contributed by atoms with Crippen LogP contribution in [0.3, 0.4) is 0 Å². The third kappa shape index (κ3) is 40.0. The molecule has 2 atom stereocenters. The van der Waals surface area contributed by atoms with E-state index in [-0.39, 0.29) is 19.8 Å². The van der Waals surface area contributed by atoms with Crippen molar-refractivity contribution in [2.45, 2.75) is 156 Å². The van der Waals surface area contributed by atoms with Crippen molar-refractivity contribution in [3.8, 4) is 0 Å². The van der Waals surface area contributed by atoms with E-state index in [1.807, 2.05) is 0 Å². The minimum atomic E-state index is -1.11. The minimum absolute atomic E-state index is 0.0491. The van der Waals surface area contributed by atoms with Crippen LogP contribution in [0.5, 0.6) is 0 Å². The number of unbranched alkanes of at least 4 members (excludes halogenated alkanes) is 2. The van der Waals surface area contributed by atoms with Gasteiger partial charge < -0.3 is 44.5 Å². The monoisotopic (exact) mass is 790 g/mol. The van der Waals surface area contributed by atoms with Gasteiger partial charge in [0.15, 0.2) is 0 Å². The SMILES string of the molecule is CC(C)(C)OC(=O)N[C@@H](CCCCO)C(=O)OC(C)(C)C.CC(C)(C)OC(=O)N[C@@H](CCCCOC(=O)CN=[N+]=[N-])C(=O)OC(C)(C)C.[N-]=[N+]=NCC(=O)O. The summed E-state index contributed by atoms with van der Waals surface area (Å²) in [6.07, 6.45) is 1.47. The lowest BCUT2D eigenvalue weighted by molar-refractivity contribution is -0.158. The number of aliphatic hydroxyl groups excluding tert-OH is 1. The molecule has 0 saturated heterocycles. The highest BCUT2D eigenvalue weighted by atomic mass is 16.6. The number of carboxylic acids is 1. The number of rotatable bonds is 17. The number of alkyl carbamates (subject to hydrolysis) is 2. The van der Waals surface area contributed by atoms with Crippen LogP contribution in [-0.2, 0) is 42.9 Å². The predicted octanol–water partition coefficient (Wildman–Crippen LogP) is 6.01. The fourth-order valence-electron chi connectivity index (χ4n) is 3.47. The first-order chi connectivity index (χ1) is 25.1. The zero-order valence-electron chi connectivity index (χ0n) is 34.3. The van der Waals surface area contributed by atoms with Gasteiger partial charge in [0.2, 0.25) is 0 Å². The molecule has 55 heavy (non-hydrogen) atoms. The van der Waals surface area contributed by atoms with Gasteiger partial charge in [-0.25, -0.2) is 19.2 Å². The Morgan fingerprint density at radius 1 is 0.600 bits per heavy atom. The number of aliphatic carboxylic acids is 1. The lowest BCUT2D eigenvalue weighted by Gasteiger charge is -2.26. The third-order valence-electron chi connectivity index (χ3n) is 5.35. The lowest BCUT2D eigenvalue weighted by atomic mass is 10.1. The molecule has 0 heterocycles. The normalized spacial score (nSPS) is 12.1. The summed E-state index contributed by atoms with van der Waals surface area (Å²) in [7, 11) is 0. The molecule has 0 aliphatic carbocycles. The van der Waals surface area contributed by atoms with Gasteiger partial charge in [-0.1, -0.05) is 10.2 Å². The van der Waals surface area contributed by atoms with Gasteiger partial charge in [-0.3, -0.25) is 9.59 Å². The van der Waals surface area contributed by atoms with Crippen LogP contribution in [0.2, 0.25) is 0 Å². The van der Waals surface area contributed by atoms with E-state index in [1.54, 1.807) is 83.1 Å². The first-order valence-electron chi connectivity index (χ1n) is 17.5. The zero-order valence-corrected chi connectivity index (χ0v) is 34.3. The minimum Gasteiger partial charge on any atom is -0.481 e. The zero-order chi connectivity index (χ0) is 43.5. The number of hydrogen-bond acceptors (Lipinski definition) is 14. The van der Waals surface area contributed by atoms with Crippen LogP contribution in [0.25, 0.3) is 20.9 Å². The van der Waals surface area contributed by atoms with Crippen molar-refractivity contribution < 1.29 is 62.7 Å². The fraction of sp³-hybridized carbons (Fsp3) is 0.824. The van der Waals surface area contributed by atoms with Crippen LogP contribution >= 0.6 is 0 Å². The van der Waals surface area contributed by atoms with Crippen LogP contribution in [-0.4, -0.2) is 107 Å². The molecule has 316 valence electrons. The Morgan fingerprint density at radius 3 is 1.27 bits per heavy atom. The first-order valence-corrected chi connectivity index (χ1v) is 17.5. The number of carbonyl (C=O) groups excluding carboxylic acids is 5. The number of carboxylic acid groups (broad SMARTS) is 1. The van der Waals surface area contributed by atoms with E-state index in [2.05, 4.69) is 30.7 Å². The van der Waals surface area contributed by atoms with E-state index in [4.69, 9.17) is 45.0 Å². The average molecular weight is 791 g/mol. The van der Waals surface area contributed by atoms with E-state index in [1.165, 1.54) is 0 Å². The van der Waals surface area contributed by atoms with Crippen LogP contribution in [0, 0.1) is 0 Å². The summed E-state index contributed by atoms with van der Waals surface area (Å²) in [6.45, 7) is 20.3. The van der Waals surface area contributed by atoms with E-state index < -0.39 is 77.1 Å². The highest BCUT2D eigenvalue weighted by Crippen LogP contribution is 2.15. The number of aliphatic hydroxyl groups is 1. The molecule has 0 aliphatic heterocycles. The molecule has 0 aliphatic rings. The molecule has 0 fully saturated rings. The van der Waals surface area contributed by atoms with E-state index in [9.17, 15) is 28.8 Å². The summed E-state index contributed by atoms with van der Waals surface area (Å²) in [6, 6.07) is -1.65. The van der Waals surface area contributed by atoms with E-state index in [0.29, 0.717) is 38.5 Å². The smallest absolute Gasteiger partial charge is 0.408 e. The van der Waals surface area contributed by atoms with Gasteiger partial charge in [0.05, 0.1) is 6.61 Å². The second kappa shape index (κ2) is 27.6. The Kier molecular flexibility index (Phi) is 27.2. The second-order valence-corrected chi connectivity index (χ2v) is 15.6. The number of ether oxygens (including phenoxy) is 5. The maximum Gasteiger partial charge on any atom is 0.408 e. The fourth-order valence-corrected chi connectivity index (χ4v) is 3.47. The number of azide groups is 2. The topological polar surface area (TPSA) is 311 Å². The van der Waals surface area contributed by atoms with Crippen molar-refractivity contribution in [2.75, 3.05) is 26.3 Å². The molecule has 2 amide bonds. The van der Waals surface area contributed by atoms with Crippen molar-refractivity contribution >= 4 is 36.1 Å². The molecule has 0 spiro atoms.